The first-order valence-electron chi connectivity index (χ1n) is 5.79. The van der Waals surface area contributed by atoms with Gasteiger partial charge in [0.15, 0.2) is 6.61 Å². The smallest absolute Gasteiger partial charge is 0.422 e. The molecule has 0 aliphatic carbocycles. The third kappa shape index (κ3) is 9.15. The van der Waals surface area contributed by atoms with E-state index in [2.05, 4.69) is 9.47 Å². The number of halogens is 3. The van der Waals surface area contributed by atoms with Gasteiger partial charge in [-0.05, 0) is 12.8 Å². The lowest BCUT2D eigenvalue weighted by Crippen LogP contribution is -2.40. The summed E-state index contributed by atoms with van der Waals surface area (Å²) in [4.78, 5) is 23.6. The van der Waals surface area contributed by atoms with E-state index in [-0.39, 0.29) is 19.1 Å². The maximum absolute atomic E-state index is 11.9. The Kier molecular flexibility index (Phi) is 7.25. The van der Waals surface area contributed by atoms with E-state index in [9.17, 15) is 22.8 Å². The van der Waals surface area contributed by atoms with Gasteiger partial charge in [0.05, 0.1) is 6.61 Å². The minimum absolute atomic E-state index is 0.0205. The van der Waals surface area contributed by atoms with Crippen molar-refractivity contribution in [1.29, 1.82) is 0 Å². The van der Waals surface area contributed by atoms with Crippen LogP contribution in [0.15, 0.2) is 0 Å². The van der Waals surface area contributed by atoms with Crippen molar-refractivity contribution in [2.75, 3.05) is 26.3 Å². The second kappa shape index (κ2) is 7.85. The minimum atomic E-state index is -4.59. The van der Waals surface area contributed by atoms with E-state index in [0.717, 1.165) is 4.90 Å². The number of carbonyl (C=O) groups is 2. The largest absolute Gasteiger partial charge is 0.465 e. The lowest BCUT2D eigenvalue weighted by molar-refractivity contribution is -0.163. The summed E-state index contributed by atoms with van der Waals surface area (Å²) in [5, 5.41) is 0. The van der Waals surface area contributed by atoms with E-state index in [1.807, 2.05) is 0 Å². The molecule has 5 nitrogen and oxygen atoms in total. The van der Waals surface area contributed by atoms with Gasteiger partial charge >= 0.3 is 18.2 Å². The second-order valence-corrected chi connectivity index (χ2v) is 4.25. The van der Waals surface area contributed by atoms with Crippen LogP contribution in [0.2, 0.25) is 0 Å². The van der Waals surface area contributed by atoms with Crippen molar-refractivity contribution >= 4 is 12.1 Å². The van der Waals surface area contributed by atoms with Crippen LogP contribution in [-0.4, -0.2) is 49.4 Å². The molecule has 0 aromatic heterocycles. The van der Waals surface area contributed by atoms with E-state index in [1.54, 1.807) is 20.8 Å². The van der Waals surface area contributed by atoms with Gasteiger partial charge in [-0.2, -0.15) is 13.2 Å². The van der Waals surface area contributed by atoms with Gasteiger partial charge in [-0.1, -0.05) is 13.8 Å². The predicted molar refractivity (Wildman–Crippen MR) is 60.4 cm³/mol. The average Bonchev–Trinajstić information content (AvgIpc) is 2.23. The zero-order valence-electron chi connectivity index (χ0n) is 11.1. The average molecular weight is 285 g/mol. The van der Waals surface area contributed by atoms with Crippen molar-refractivity contribution in [2.45, 2.75) is 26.9 Å². The highest BCUT2D eigenvalue weighted by molar-refractivity contribution is 5.78. The molecule has 0 spiro atoms. The highest BCUT2D eigenvalue weighted by Gasteiger charge is 2.31. The summed E-state index contributed by atoms with van der Waals surface area (Å²) in [5.74, 6) is -0.708. The van der Waals surface area contributed by atoms with Crippen LogP contribution in [0.1, 0.15) is 20.8 Å². The van der Waals surface area contributed by atoms with E-state index in [1.165, 1.54) is 0 Å². The van der Waals surface area contributed by atoms with Crippen LogP contribution < -0.4 is 0 Å². The fraction of sp³-hybridized carbons (Fsp3) is 0.818. The highest BCUT2D eigenvalue weighted by atomic mass is 19.4. The Hall–Kier alpha value is -1.47. The Balaban J connectivity index is 4.47. The summed E-state index contributed by atoms with van der Waals surface area (Å²) in [6.07, 6.45) is -5.78. The molecular formula is C11H18F3NO4. The van der Waals surface area contributed by atoms with E-state index < -0.39 is 31.4 Å². The van der Waals surface area contributed by atoms with Crippen molar-refractivity contribution in [2.24, 2.45) is 5.92 Å². The molecule has 0 atom stereocenters. The lowest BCUT2D eigenvalue weighted by Gasteiger charge is -2.23. The van der Waals surface area contributed by atoms with Crippen molar-refractivity contribution < 1.29 is 32.2 Å². The van der Waals surface area contributed by atoms with Crippen LogP contribution >= 0.6 is 0 Å². The van der Waals surface area contributed by atoms with Crippen LogP contribution in [0.4, 0.5) is 18.0 Å². The summed E-state index contributed by atoms with van der Waals surface area (Å²) >= 11 is 0. The molecule has 8 heteroatoms. The summed E-state index contributed by atoms with van der Waals surface area (Å²) < 4.78 is 44.6. The van der Waals surface area contributed by atoms with Gasteiger partial charge in [0.1, 0.15) is 6.54 Å². The number of ether oxygens (including phenoxy) is 2. The maximum atomic E-state index is 11.9. The van der Waals surface area contributed by atoms with E-state index >= 15 is 0 Å². The lowest BCUT2D eigenvalue weighted by atomic mass is 10.2. The molecule has 0 rings (SSSR count). The summed E-state index contributed by atoms with van der Waals surface area (Å²) in [7, 11) is 0. The number of nitrogens with zero attached hydrogens (tertiary/aromatic N) is 1. The van der Waals surface area contributed by atoms with Gasteiger partial charge in [-0.25, -0.2) is 4.79 Å². The Morgan fingerprint density at radius 3 is 2.21 bits per heavy atom. The van der Waals surface area contributed by atoms with Crippen LogP contribution in [0, 0.1) is 5.92 Å². The third-order valence-corrected chi connectivity index (χ3v) is 1.83. The first kappa shape index (κ1) is 17.5. The topological polar surface area (TPSA) is 55.8 Å². The fourth-order valence-electron chi connectivity index (χ4n) is 1.24. The Bertz CT molecular complexity index is 305. The number of amides is 1. The molecule has 0 heterocycles. The zero-order valence-corrected chi connectivity index (χ0v) is 11.1. The molecule has 0 bridgehead atoms. The highest BCUT2D eigenvalue weighted by Crippen LogP contribution is 2.15. The molecule has 0 fully saturated rings. The van der Waals surface area contributed by atoms with Gasteiger partial charge in [-0.3, -0.25) is 9.69 Å². The SMILES string of the molecule is CCOC(=O)CN(CC(C)C)C(=O)OCC(F)(F)F. The van der Waals surface area contributed by atoms with Crippen molar-refractivity contribution in [3.63, 3.8) is 0 Å². The predicted octanol–water partition coefficient (Wildman–Crippen LogP) is 2.21. The summed E-state index contributed by atoms with van der Waals surface area (Å²) in [6.45, 7) is 3.24. The molecule has 0 aromatic carbocycles. The molecule has 0 aromatic rings. The molecule has 0 saturated carbocycles. The molecule has 0 N–H and O–H groups in total. The fourth-order valence-corrected chi connectivity index (χ4v) is 1.24. The molecule has 0 saturated heterocycles. The molecule has 0 aliphatic rings. The number of rotatable bonds is 6. The molecular weight excluding hydrogens is 267 g/mol. The van der Waals surface area contributed by atoms with Gasteiger partial charge in [0, 0.05) is 6.54 Å². The quantitative estimate of drug-likeness (QED) is 0.702. The monoisotopic (exact) mass is 285 g/mol. The third-order valence-electron chi connectivity index (χ3n) is 1.83. The molecule has 1 amide bonds. The summed E-state index contributed by atoms with van der Waals surface area (Å²) in [6, 6.07) is 0. The van der Waals surface area contributed by atoms with Crippen LogP contribution in [0.5, 0.6) is 0 Å². The summed E-state index contributed by atoms with van der Waals surface area (Å²) in [5.41, 5.74) is 0. The Morgan fingerprint density at radius 2 is 1.79 bits per heavy atom. The van der Waals surface area contributed by atoms with Gasteiger partial charge in [0.2, 0.25) is 0 Å². The zero-order chi connectivity index (χ0) is 15.1. The first-order chi connectivity index (χ1) is 8.65. The standard InChI is InChI=1S/C11H18F3NO4/c1-4-18-9(16)6-15(5-8(2)3)10(17)19-7-11(12,13)14/h8H,4-7H2,1-3H3. The van der Waals surface area contributed by atoms with Gasteiger partial charge < -0.3 is 9.47 Å². The number of hydrogen-bond acceptors (Lipinski definition) is 4. The number of carbonyl (C=O) groups excluding carboxylic acids is 2. The van der Waals surface area contributed by atoms with E-state index in [4.69, 9.17) is 0 Å². The van der Waals surface area contributed by atoms with Gasteiger partial charge in [-0.15, -0.1) is 0 Å². The van der Waals surface area contributed by atoms with Crippen molar-refractivity contribution in [3.05, 3.63) is 0 Å². The molecule has 19 heavy (non-hydrogen) atoms. The minimum Gasteiger partial charge on any atom is -0.465 e. The van der Waals surface area contributed by atoms with Crippen molar-refractivity contribution in [1.82, 2.24) is 4.90 Å². The number of hydrogen-bond donors (Lipinski definition) is 0. The molecule has 0 unspecified atom stereocenters. The first-order valence-corrected chi connectivity index (χ1v) is 5.79. The molecule has 0 aliphatic heterocycles. The molecule has 0 radical (unpaired) electrons. The Labute approximate surface area is 109 Å². The maximum Gasteiger partial charge on any atom is 0.422 e. The van der Waals surface area contributed by atoms with Crippen molar-refractivity contribution in [3.8, 4) is 0 Å². The molecule has 112 valence electrons. The second-order valence-electron chi connectivity index (χ2n) is 4.25. The van der Waals surface area contributed by atoms with Gasteiger partial charge in [0.25, 0.3) is 0 Å². The number of alkyl halides is 3. The normalized spacial score (nSPS) is 11.3. The van der Waals surface area contributed by atoms with Crippen LogP contribution in [0.3, 0.4) is 0 Å². The van der Waals surface area contributed by atoms with Crippen LogP contribution in [-0.2, 0) is 14.3 Å². The number of esters is 1. The van der Waals surface area contributed by atoms with Crippen LogP contribution in [0.25, 0.3) is 0 Å². The Morgan fingerprint density at radius 1 is 1.21 bits per heavy atom. The van der Waals surface area contributed by atoms with E-state index in [0.29, 0.717) is 0 Å².